The Hall–Kier alpha value is -3.53. The van der Waals surface area contributed by atoms with Crippen LogP contribution in [0.25, 0.3) is 11.3 Å². The molecule has 3 heterocycles. The minimum absolute atomic E-state index is 0.112. The largest absolute Gasteiger partial charge is 0.394 e. The second kappa shape index (κ2) is 11.5. The molecule has 38 heavy (non-hydrogen) atoms. The van der Waals surface area contributed by atoms with Crippen LogP contribution < -0.4 is 10.6 Å². The predicted octanol–water partition coefficient (Wildman–Crippen LogP) is 3.50. The van der Waals surface area contributed by atoms with E-state index >= 15 is 0 Å². The number of benzene rings is 2. The van der Waals surface area contributed by atoms with Crippen LogP contribution in [0.4, 0.5) is 5.95 Å². The Kier molecular flexibility index (Phi) is 7.87. The van der Waals surface area contributed by atoms with Crippen LogP contribution in [0.1, 0.15) is 45.9 Å². The van der Waals surface area contributed by atoms with Gasteiger partial charge in [0.25, 0.3) is 5.91 Å². The van der Waals surface area contributed by atoms with E-state index in [0.717, 1.165) is 29.5 Å². The van der Waals surface area contributed by atoms with Crippen molar-refractivity contribution in [2.75, 3.05) is 31.7 Å². The smallest absolute Gasteiger partial charge is 0.254 e. The summed E-state index contributed by atoms with van der Waals surface area (Å²) in [5.74, 6) is -0.0935. The molecule has 1 saturated heterocycles. The zero-order chi connectivity index (χ0) is 26.6. The SMILES string of the molecule is Cc1ccccc1C(CO)NC(=O)CN1Cc2ccc(-c3nc(NC4CCOCC4)ncc3Cl)cc2C1=O. The van der Waals surface area contributed by atoms with Crippen molar-refractivity contribution in [3.8, 4) is 11.3 Å². The Labute approximate surface area is 226 Å². The molecule has 198 valence electrons. The van der Waals surface area contributed by atoms with E-state index in [2.05, 4.69) is 20.6 Å². The maximum Gasteiger partial charge on any atom is 0.254 e. The lowest BCUT2D eigenvalue weighted by atomic mass is 10.0. The predicted molar refractivity (Wildman–Crippen MR) is 144 cm³/mol. The number of carbonyl (C=O) groups is 2. The summed E-state index contributed by atoms with van der Waals surface area (Å²) in [5.41, 5.74) is 4.39. The number of fused-ring (bicyclic) bond motifs is 1. The molecule has 1 fully saturated rings. The first-order chi connectivity index (χ1) is 18.4. The molecule has 2 aliphatic heterocycles. The van der Waals surface area contributed by atoms with Gasteiger partial charge in [0.2, 0.25) is 11.9 Å². The number of ether oxygens (including phenoxy) is 1. The Morgan fingerprint density at radius 1 is 1.24 bits per heavy atom. The lowest BCUT2D eigenvalue weighted by molar-refractivity contribution is -0.122. The Morgan fingerprint density at radius 3 is 2.79 bits per heavy atom. The number of hydrogen-bond donors (Lipinski definition) is 3. The fraction of sp³-hybridized carbons (Fsp3) is 0.357. The number of anilines is 1. The molecule has 0 bridgehead atoms. The molecule has 1 unspecified atom stereocenters. The van der Waals surface area contributed by atoms with Crippen molar-refractivity contribution in [3.05, 3.63) is 75.9 Å². The maximum absolute atomic E-state index is 13.2. The fourth-order valence-corrected chi connectivity index (χ4v) is 5.11. The molecular weight excluding hydrogens is 506 g/mol. The van der Waals surface area contributed by atoms with Crippen molar-refractivity contribution in [3.63, 3.8) is 0 Å². The molecule has 0 saturated carbocycles. The number of hydrogen-bond acceptors (Lipinski definition) is 7. The van der Waals surface area contributed by atoms with Crippen LogP contribution >= 0.6 is 11.6 Å². The summed E-state index contributed by atoms with van der Waals surface area (Å²) in [5, 5.41) is 16.4. The molecule has 2 amide bonds. The number of halogens is 1. The van der Waals surface area contributed by atoms with Gasteiger partial charge in [-0.05, 0) is 42.5 Å². The highest BCUT2D eigenvalue weighted by molar-refractivity contribution is 6.33. The fourth-order valence-electron chi connectivity index (χ4n) is 4.91. The molecule has 5 rings (SSSR count). The van der Waals surface area contributed by atoms with Crippen LogP contribution in [0.5, 0.6) is 0 Å². The molecule has 2 aliphatic rings. The van der Waals surface area contributed by atoms with Crippen LogP contribution in [0.2, 0.25) is 5.02 Å². The highest BCUT2D eigenvalue weighted by Crippen LogP contribution is 2.31. The first-order valence-corrected chi connectivity index (χ1v) is 13.1. The summed E-state index contributed by atoms with van der Waals surface area (Å²) >= 11 is 6.44. The van der Waals surface area contributed by atoms with Gasteiger partial charge in [-0.15, -0.1) is 0 Å². The molecular formula is C28H30ClN5O4. The average Bonchev–Trinajstić information content (AvgIpc) is 3.23. The van der Waals surface area contributed by atoms with Gasteiger partial charge in [0, 0.05) is 36.9 Å². The topological polar surface area (TPSA) is 117 Å². The summed E-state index contributed by atoms with van der Waals surface area (Å²) in [7, 11) is 0. The van der Waals surface area contributed by atoms with Crippen molar-refractivity contribution in [1.29, 1.82) is 0 Å². The van der Waals surface area contributed by atoms with Gasteiger partial charge in [0.1, 0.15) is 6.54 Å². The molecule has 9 nitrogen and oxygen atoms in total. The van der Waals surface area contributed by atoms with Crippen molar-refractivity contribution in [2.45, 2.75) is 38.4 Å². The monoisotopic (exact) mass is 535 g/mol. The first kappa shape index (κ1) is 26.1. The molecule has 10 heteroatoms. The lowest BCUT2D eigenvalue weighted by Crippen LogP contribution is -2.40. The second-order valence-electron chi connectivity index (χ2n) is 9.61. The van der Waals surface area contributed by atoms with Crippen LogP contribution in [0.3, 0.4) is 0 Å². The van der Waals surface area contributed by atoms with Crippen molar-refractivity contribution in [1.82, 2.24) is 20.2 Å². The number of rotatable bonds is 8. The van der Waals surface area contributed by atoms with Crippen LogP contribution in [-0.2, 0) is 16.1 Å². The maximum atomic E-state index is 13.2. The van der Waals surface area contributed by atoms with Crippen molar-refractivity contribution in [2.24, 2.45) is 0 Å². The zero-order valence-electron chi connectivity index (χ0n) is 21.1. The summed E-state index contributed by atoms with van der Waals surface area (Å²) < 4.78 is 5.41. The summed E-state index contributed by atoms with van der Waals surface area (Å²) in [4.78, 5) is 36.5. The van der Waals surface area contributed by atoms with Crippen LogP contribution in [-0.4, -0.2) is 64.2 Å². The van der Waals surface area contributed by atoms with E-state index in [1.807, 2.05) is 43.3 Å². The number of aliphatic hydroxyl groups is 1. The number of nitrogens with zero attached hydrogens (tertiary/aromatic N) is 3. The third-order valence-electron chi connectivity index (χ3n) is 6.98. The number of carbonyl (C=O) groups excluding carboxylic acids is 2. The summed E-state index contributed by atoms with van der Waals surface area (Å²) in [6, 6.07) is 12.8. The lowest BCUT2D eigenvalue weighted by Gasteiger charge is -2.23. The first-order valence-electron chi connectivity index (χ1n) is 12.7. The molecule has 3 aromatic rings. The molecule has 0 spiro atoms. The minimum atomic E-state index is -0.542. The van der Waals surface area contributed by atoms with E-state index in [-0.39, 0.29) is 31.0 Å². The summed E-state index contributed by atoms with van der Waals surface area (Å²) in [6.45, 7) is 3.30. The number of aliphatic hydroxyl groups excluding tert-OH is 1. The number of aromatic nitrogens is 2. The van der Waals surface area contributed by atoms with Crippen LogP contribution in [0, 0.1) is 6.92 Å². The Bertz CT molecular complexity index is 1340. The normalized spacial score (nSPS) is 16.3. The van der Waals surface area contributed by atoms with Gasteiger partial charge < -0.3 is 25.4 Å². The highest BCUT2D eigenvalue weighted by atomic mass is 35.5. The van der Waals surface area contributed by atoms with Gasteiger partial charge in [0.15, 0.2) is 0 Å². The molecule has 0 radical (unpaired) electrons. The van der Waals surface area contributed by atoms with Crippen LogP contribution in [0.15, 0.2) is 48.7 Å². The molecule has 0 aliphatic carbocycles. The summed E-state index contributed by atoms with van der Waals surface area (Å²) in [6.07, 6.45) is 3.31. The zero-order valence-corrected chi connectivity index (χ0v) is 21.9. The van der Waals surface area contributed by atoms with Gasteiger partial charge in [-0.3, -0.25) is 9.59 Å². The molecule has 2 aromatic carbocycles. The van der Waals surface area contributed by atoms with E-state index < -0.39 is 6.04 Å². The van der Waals surface area contributed by atoms with Crippen molar-refractivity contribution < 1.29 is 19.4 Å². The van der Waals surface area contributed by atoms with E-state index in [1.165, 1.54) is 4.90 Å². The number of aryl methyl sites for hydroxylation is 1. The van der Waals surface area contributed by atoms with Gasteiger partial charge >= 0.3 is 0 Å². The minimum Gasteiger partial charge on any atom is -0.394 e. The van der Waals surface area contributed by atoms with Gasteiger partial charge in [-0.2, -0.15) is 0 Å². The van der Waals surface area contributed by atoms with E-state index in [0.29, 0.717) is 47.6 Å². The van der Waals surface area contributed by atoms with E-state index in [4.69, 9.17) is 16.3 Å². The standard InChI is InChI=1S/C28H30ClN5O4/c1-17-4-2-3-5-21(17)24(16-35)32-25(36)15-34-14-19-7-6-18(12-22(19)27(34)37)26-23(29)13-30-28(33-26)31-20-8-10-38-11-9-20/h2-7,12-13,20,24,35H,8-11,14-16H2,1H3,(H,32,36)(H,30,31,33). The van der Waals surface area contributed by atoms with E-state index in [1.54, 1.807) is 12.3 Å². The second-order valence-corrected chi connectivity index (χ2v) is 10.0. The highest BCUT2D eigenvalue weighted by Gasteiger charge is 2.30. The molecule has 3 N–H and O–H groups in total. The Balaban J connectivity index is 1.28. The third-order valence-corrected chi connectivity index (χ3v) is 7.25. The quantitative estimate of drug-likeness (QED) is 0.404. The molecule has 1 atom stereocenters. The van der Waals surface area contributed by atoms with Gasteiger partial charge in [0.05, 0.1) is 29.6 Å². The number of nitrogens with one attached hydrogen (secondary N) is 2. The van der Waals surface area contributed by atoms with E-state index in [9.17, 15) is 14.7 Å². The Morgan fingerprint density at radius 2 is 2.03 bits per heavy atom. The average molecular weight is 536 g/mol. The molecule has 1 aromatic heterocycles. The number of amides is 2. The third kappa shape index (κ3) is 5.65. The van der Waals surface area contributed by atoms with Crippen molar-refractivity contribution >= 4 is 29.4 Å². The van der Waals surface area contributed by atoms with Gasteiger partial charge in [-0.1, -0.05) is 48.0 Å². The van der Waals surface area contributed by atoms with Gasteiger partial charge in [-0.25, -0.2) is 9.97 Å².